The SMILES string of the molecule is CCn1c(=O)c2cnc(Nc3ccc4c(c3)CCNC4)nc2n1-c1cccc(N2CC(F)(F)C2)n1. The van der Waals surface area contributed by atoms with Crippen LogP contribution in [0.5, 0.6) is 0 Å². The molecular formula is C24H24F2N8O. The molecule has 3 aromatic heterocycles. The van der Waals surface area contributed by atoms with Crippen LogP contribution in [0.2, 0.25) is 0 Å². The molecule has 11 heteroatoms. The van der Waals surface area contributed by atoms with Gasteiger partial charge >= 0.3 is 0 Å². The van der Waals surface area contributed by atoms with Gasteiger partial charge in [0.2, 0.25) is 5.95 Å². The molecule has 0 aliphatic carbocycles. The van der Waals surface area contributed by atoms with Gasteiger partial charge in [-0.25, -0.2) is 28.1 Å². The van der Waals surface area contributed by atoms with Crippen molar-refractivity contribution in [3.8, 4) is 5.82 Å². The van der Waals surface area contributed by atoms with Crippen molar-refractivity contribution in [3.05, 3.63) is 64.1 Å². The minimum Gasteiger partial charge on any atom is -0.344 e. The molecule has 35 heavy (non-hydrogen) atoms. The Kier molecular flexibility index (Phi) is 5.03. The number of aromatic nitrogens is 5. The number of hydrogen-bond acceptors (Lipinski definition) is 7. The Bertz CT molecular complexity index is 1490. The summed E-state index contributed by atoms with van der Waals surface area (Å²) in [6.07, 6.45) is 2.46. The van der Waals surface area contributed by atoms with Gasteiger partial charge in [-0.2, -0.15) is 4.98 Å². The summed E-state index contributed by atoms with van der Waals surface area (Å²) < 4.78 is 29.9. The molecule has 1 aromatic carbocycles. The van der Waals surface area contributed by atoms with Gasteiger partial charge in [-0.15, -0.1) is 0 Å². The molecule has 4 aromatic rings. The Balaban J connectivity index is 1.39. The summed E-state index contributed by atoms with van der Waals surface area (Å²) in [6, 6.07) is 11.3. The van der Waals surface area contributed by atoms with E-state index in [2.05, 4.69) is 37.7 Å². The average Bonchev–Trinajstić information content (AvgIpc) is 3.13. The van der Waals surface area contributed by atoms with Gasteiger partial charge in [0, 0.05) is 25.0 Å². The van der Waals surface area contributed by atoms with Crippen molar-refractivity contribution in [2.24, 2.45) is 0 Å². The summed E-state index contributed by atoms with van der Waals surface area (Å²) in [4.78, 5) is 28.2. The lowest BCUT2D eigenvalue weighted by Crippen LogP contribution is -2.56. The monoisotopic (exact) mass is 478 g/mol. The topological polar surface area (TPSA) is 92.9 Å². The van der Waals surface area contributed by atoms with E-state index in [4.69, 9.17) is 0 Å². The number of nitrogens with zero attached hydrogens (tertiary/aromatic N) is 6. The summed E-state index contributed by atoms with van der Waals surface area (Å²) >= 11 is 0. The molecule has 0 radical (unpaired) electrons. The first-order valence-electron chi connectivity index (χ1n) is 11.6. The van der Waals surface area contributed by atoms with Crippen molar-refractivity contribution in [1.82, 2.24) is 29.6 Å². The molecule has 9 nitrogen and oxygen atoms in total. The Morgan fingerprint density at radius 1 is 1.11 bits per heavy atom. The molecule has 0 spiro atoms. The van der Waals surface area contributed by atoms with Crippen LogP contribution < -0.4 is 21.1 Å². The zero-order valence-corrected chi connectivity index (χ0v) is 19.1. The van der Waals surface area contributed by atoms with Gasteiger partial charge in [-0.1, -0.05) is 12.1 Å². The van der Waals surface area contributed by atoms with Crippen molar-refractivity contribution in [2.45, 2.75) is 32.4 Å². The van der Waals surface area contributed by atoms with Crippen LogP contribution in [0, 0.1) is 0 Å². The summed E-state index contributed by atoms with van der Waals surface area (Å²) in [7, 11) is 0. The molecule has 6 rings (SSSR count). The van der Waals surface area contributed by atoms with E-state index in [1.54, 1.807) is 22.9 Å². The summed E-state index contributed by atoms with van der Waals surface area (Å²) in [5.74, 6) is -1.49. The highest BCUT2D eigenvalue weighted by atomic mass is 19.3. The third-order valence-corrected chi connectivity index (χ3v) is 6.43. The van der Waals surface area contributed by atoms with Crippen LogP contribution in [0.1, 0.15) is 18.1 Å². The minimum absolute atomic E-state index is 0.238. The van der Waals surface area contributed by atoms with Crippen molar-refractivity contribution in [2.75, 3.05) is 29.9 Å². The highest BCUT2D eigenvalue weighted by molar-refractivity contribution is 5.77. The van der Waals surface area contributed by atoms with E-state index in [-0.39, 0.29) is 18.6 Å². The number of hydrogen-bond donors (Lipinski definition) is 2. The predicted molar refractivity (Wildman–Crippen MR) is 129 cm³/mol. The maximum Gasteiger partial charge on any atom is 0.282 e. The molecule has 1 fully saturated rings. The molecule has 180 valence electrons. The maximum atomic E-state index is 13.4. The summed E-state index contributed by atoms with van der Waals surface area (Å²) in [5, 5.41) is 6.97. The maximum absolute atomic E-state index is 13.4. The van der Waals surface area contributed by atoms with Crippen molar-refractivity contribution in [3.63, 3.8) is 0 Å². The first kappa shape index (κ1) is 21.7. The van der Waals surface area contributed by atoms with Crippen LogP contribution in [0.25, 0.3) is 16.9 Å². The van der Waals surface area contributed by atoms with Gasteiger partial charge in [0.05, 0.1) is 13.1 Å². The number of nitrogens with one attached hydrogen (secondary N) is 2. The minimum atomic E-state index is -2.70. The average molecular weight is 479 g/mol. The Hall–Kier alpha value is -3.86. The lowest BCUT2D eigenvalue weighted by atomic mass is 10.0. The number of anilines is 3. The number of fused-ring (bicyclic) bond motifs is 2. The zero-order valence-electron chi connectivity index (χ0n) is 19.1. The first-order valence-corrected chi connectivity index (χ1v) is 11.6. The highest BCUT2D eigenvalue weighted by Crippen LogP contribution is 2.31. The number of alkyl halides is 2. The lowest BCUT2D eigenvalue weighted by Gasteiger charge is -2.39. The van der Waals surface area contributed by atoms with Crippen molar-refractivity contribution >= 4 is 28.5 Å². The molecule has 1 saturated heterocycles. The van der Waals surface area contributed by atoms with Gasteiger partial charge in [0.25, 0.3) is 11.5 Å². The number of halogens is 2. The van der Waals surface area contributed by atoms with E-state index in [0.717, 1.165) is 25.2 Å². The van der Waals surface area contributed by atoms with E-state index >= 15 is 0 Å². The Labute approximate surface area is 199 Å². The molecule has 0 atom stereocenters. The molecule has 0 unspecified atom stereocenters. The predicted octanol–water partition coefficient (Wildman–Crippen LogP) is 2.84. The van der Waals surface area contributed by atoms with Gasteiger partial charge in [0.15, 0.2) is 11.5 Å². The van der Waals surface area contributed by atoms with Crippen LogP contribution in [0.3, 0.4) is 0 Å². The second-order valence-corrected chi connectivity index (χ2v) is 8.86. The second-order valence-electron chi connectivity index (χ2n) is 8.86. The van der Waals surface area contributed by atoms with E-state index in [1.165, 1.54) is 26.9 Å². The van der Waals surface area contributed by atoms with Crippen molar-refractivity contribution < 1.29 is 8.78 Å². The molecule has 0 bridgehead atoms. The smallest absolute Gasteiger partial charge is 0.282 e. The summed E-state index contributed by atoms with van der Waals surface area (Å²) in [6.45, 7) is 3.29. The fourth-order valence-electron chi connectivity index (χ4n) is 4.67. The van der Waals surface area contributed by atoms with Crippen LogP contribution in [-0.4, -0.2) is 49.9 Å². The highest BCUT2D eigenvalue weighted by Gasteiger charge is 2.44. The van der Waals surface area contributed by atoms with Gasteiger partial charge in [-0.3, -0.25) is 4.79 Å². The molecule has 2 aliphatic rings. The van der Waals surface area contributed by atoms with Gasteiger partial charge < -0.3 is 15.5 Å². The third kappa shape index (κ3) is 3.81. The van der Waals surface area contributed by atoms with E-state index in [9.17, 15) is 13.6 Å². The zero-order chi connectivity index (χ0) is 24.2. The largest absolute Gasteiger partial charge is 0.344 e. The fraction of sp³-hybridized carbons (Fsp3) is 0.333. The molecule has 0 amide bonds. The number of pyridine rings is 1. The van der Waals surface area contributed by atoms with Crippen LogP contribution >= 0.6 is 0 Å². The van der Waals surface area contributed by atoms with Crippen LogP contribution in [-0.2, 0) is 19.5 Å². The number of benzene rings is 1. The molecule has 2 aliphatic heterocycles. The van der Waals surface area contributed by atoms with E-state index in [0.29, 0.717) is 35.2 Å². The normalized spacial score (nSPS) is 16.7. The molecular weight excluding hydrogens is 454 g/mol. The fourth-order valence-corrected chi connectivity index (χ4v) is 4.67. The van der Waals surface area contributed by atoms with E-state index < -0.39 is 5.92 Å². The molecule has 2 N–H and O–H groups in total. The first-order chi connectivity index (χ1) is 16.9. The van der Waals surface area contributed by atoms with Crippen molar-refractivity contribution in [1.29, 1.82) is 0 Å². The molecule has 5 heterocycles. The van der Waals surface area contributed by atoms with Crippen LogP contribution in [0.4, 0.5) is 26.2 Å². The van der Waals surface area contributed by atoms with Crippen LogP contribution in [0.15, 0.2) is 47.4 Å². The summed E-state index contributed by atoms with van der Waals surface area (Å²) in [5.41, 5.74) is 3.58. The van der Waals surface area contributed by atoms with Gasteiger partial charge in [-0.05, 0) is 55.3 Å². The number of rotatable bonds is 5. The van der Waals surface area contributed by atoms with Gasteiger partial charge in [0.1, 0.15) is 11.2 Å². The molecule has 0 saturated carbocycles. The second kappa shape index (κ2) is 8.12. The Morgan fingerprint density at radius 3 is 2.74 bits per heavy atom. The Morgan fingerprint density at radius 2 is 1.94 bits per heavy atom. The third-order valence-electron chi connectivity index (χ3n) is 6.43. The lowest BCUT2D eigenvalue weighted by molar-refractivity contribution is -0.0267. The van der Waals surface area contributed by atoms with E-state index in [1.807, 2.05) is 13.0 Å². The quantitative estimate of drug-likeness (QED) is 0.456. The standard InChI is InChI=1S/C24H24F2N8O/c1-2-33-22(35)18-12-28-23(29-17-7-6-16-11-27-9-8-15(16)10-17)31-21(18)34(33)20-5-3-4-19(30-20)32-13-24(25,26)14-32/h3-7,10,12,27H,2,8-9,11,13-14H2,1H3,(H,28,29,31).